The first-order valence-corrected chi connectivity index (χ1v) is 5.39. The highest BCUT2D eigenvalue weighted by Crippen LogP contribution is 2.08. The number of aliphatic hydroxyl groups is 1. The molecular formula is C9H16N2OS. The fourth-order valence-electron chi connectivity index (χ4n) is 1.05. The zero-order chi connectivity index (χ0) is 9.68. The molecule has 1 unspecified atom stereocenters. The lowest BCUT2D eigenvalue weighted by atomic mass is 10.2. The van der Waals surface area contributed by atoms with Crippen LogP contribution in [0.25, 0.3) is 0 Å². The maximum atomic E-state index is 8.93. The average Bonchev–Trinajstić information content (AvgIpc) is 2.53. The molecule has 0 spiro atoms. The lowest BCUT2D eigenvalue weighted by Crippen LogP contribution is -2.31. The van der Waals surface area contributed by atoms with Gasteiger partial charge in [0.05, 0.1) is 6.61 Å². The monoisotopic (exact) mass is 200 g/mol. The quantitative estimate of drug-likeness (QED) is 0.753. The van der Waals surface area contributed by atoms with Crippen LogP contribution in [0.15, 0.2) is 5.38 Å². The summed E-state index contributed by atoms with van der Waals surface area (Å²) in [4.78, 5) is 4.33. The fraction of sp³-hybridized carbons (Fsp3) is 0.667. The molecule has 0 bridgehead atoms. The number of nitrogens with zero attached hydrogens (tertiary/aromatic N) is 1. The molecule has 74 valence electrons. The van der Waals surface area contributed by atoms with E-state index in [9.17, 15) is 0 Å². The maximum Gasteiger partial charge on any atom is 0.107 e. The minimum absolute atomic E-state index is 0.195. The Labute approximate surface area is 82.8 Å². The van der Waals surface area contributed by atoms with E-state index in [1.54, 1.807) is 11.3 Å². The molecule has 2 N–H and O–H groups in total. The molecule has 1 atom stereocenters. The van der Waals surface area contributed by atoms with Crippen molar-refractivity contribution in [1.29, 1.82) is 0 Å². The van der Waals surface area contributed by atoms with Crippen molar-refractivity contribution in [3.05, 3.63) is 16.1 Å². The SMILES string of the molecule is CCC(CO)NCc1nc(C)cs1. The van der Waals surface area contributed by atoms with Crippen molar-refractivity contribution in [2.75, 3.05) is 6.61 Å². The van der Waals surface area contributed by atoms with E-state index < -0.39 is 0 Å². The molecule has 0 fully saturated rings. The second kappa shape index (κ2) is 5.32. The van der Waals surface area contributed by atoms with Gasteiger partial charge < -0.3 is 10.4 Å². The van der Waals surface area contributed by atoms with Crippen molar-refractivity contribution in [2.24, 2.45) is 0 Å². The van der Waals surface area contributed by atoms with Crippen molar-refractivity contribution in [2.45, 2.75) is 32.9 Å². The molecule has 0 aromatic carbocycles. The Morgan fingerprint density at radius 3 is 2.92 bits per heavy atom. The number of hydrogen-bond acceptors (Lipinski definition) is 4. The molecule has 0 amide bonds. The predicted octanol–water partition coefficient (Wildman–Crippen LogP) is 1.31. The van der Waals surface area contributed by atoms with E-state index in [1.807, 2.05) is 12.3 Å². The number of thiazole rings is 1. The normalized spacial score (nSPS) is 13.2. The highest BCUT2D eigenvalue weighted by Gasteiger charge is 2.04. The molecule has 0 saturated heterocycles. The minimum atomic E-state index is 0.195. The van der Waals surface area contributed by atoms with Gasteiger partial charge in [0.2, 0.25) is 0 Å². The van der Waals surface area contributed by atoms with Gasteiger partial charge in [0.1, 0.15) is 5.01 Å². The zero-order valence-corrected chi connectivity index (χ0v) is 8.90. The minimum Gasteiger partial charge on any atom is -0.395 e. The van der Waals surface area contributed by atoms with Crippen molar-refractivity contribution < 1.29 is 5.11 Å². The number of aromatic nitrogens is 1. The predicted molar refractivity (Wildman–Crippen MR) is 54.9 cm³/mol. The average molecular weight is 200 g/mol. The van der Waals surface area contributed by atoms with Crippen molar-refractivity contribution >= 4 is 11.3 Å². The molecule has 0 aliphatic carbocycles. The molecule has 1 heterocycles. The lowest BCUT2D eigenvalue weighted by molar-refractivity contribution is 0.238. The van der Waals surface area contributed by atoms with Gasteiger partial charge in [0, 0.05) is 23.7 Å². The number of nitrogens with one attached hydrogen (secondary N) is 1. The Bertz CT molecular complexity index is 246. The Morgan fingerprint density at radius 1 is 1.69 bits per heavy atom. The van der Waals surface area contributed by atoms with Crippen molar-refractivity contribution in [3.63, 3.8) is 0 Å². The van der Waals surface area contributed by atoms with E-state index in [-0.39, 0.29) is 12.6 Å². The largest absolute Gasteiger partial charge is 0.395 e. The number of aliphatic hydroxyl groups excluding tert-OH is 1. The second-order valence-corrected chi connectivity index (χ2v) is 3.99. The molecule has 1 aromatic heterocycles. The molecule has 1 rings (SSSR count). The molecule has 0 aliphatic heterocycles. The Kier molecular flexibility index (Phi) is 4.35. The van der Waals surface area contributed by atoms with Crippen LogP contribution in [0.1, 0.15) is 24.0 Å². The van der Waals surface area contributed by atoms with Gasteiger partial charge in [0.15, 0.2) is 0 Å². The molecule has 3 nitrogen and oxygen atoms in total. The number of hydrogen-bond donors (Lipinski definition) is 2. The van der Waals surface area contributed by atoms with Gasteiger partial charge >= 0.3 is 0 Å². The summed E-state index contributed by atoms with van der Waals surface area (Å²) >= 11 is 1.66. The Hall–Kier alpha value is -0.450. The van der Waals surface area contributed by atoms with Crippen LogP contribution in [0.4, 0.5) is 0 Å². The fourth-order valence-corrected chi connectivity index (χ4v) is 1.78. The van der Waals surface area contributed by atoms with Crippen LogP contribution in [0.5, 0.6) is 0 Å². The smallest absolute Gasteiger partial charge is 0.107 e. The van der Waals surface area contributed by atoms with Gasteiger partial charge in [-0.2, -0.15) is 0 Å². The first-order chi connectivity index (χ1) is 6.26. The zero-order valence-electron chi connectivity index (χ0n) is 8.08. The van der Waals surface area contributed by atoms with Gasteiger partial charge in [-0.1, -0.05) is 6.92 Å². The van der Waals surface area contributed by atoms with Crippen LogP contribution in [-0.2, 0) is 6.54 Å². The molecule has 0 radical (unpaired) electrons. The standard InChI is InChI=1S/C9H16N2OS/c1-3-8(5-12)10-4-9-11-7(2)6-13-9/h6,8,10,12H,3-5H2,1-2H3. The van der Waals surface area contributed by atoms with Gasteiger partial charge in [-0.05, 0) is 13.3 Å². The molecule has 0 aliphatic rings. The third kappa shape index (κ3) is 3.42. The highest BCUT2D eigenvalue weighted by molar-refractivity contribution is 7.09. The molecular weight excluding hydrogens is 184 g/mol. The molecule has 4 heteroatoms. The van der Waals surface area contributed by atoms with E-state index in [0.29, 0.717) is 0 Å². The third-order valence-electron chi connectivity index (χ3n) is 1.92. The van der Waals surface area contributed by atoms with Gasteiger partial charge in [-0.25, -0.2) is 4.98 Å². The van der Waals surface area contributed by atoms with Crippen LogP contribution in [0.2, 0.25) is 0 Å². The van der Waals surface area contributed by atoms with E-state index >= 15 is 0 Å². The summed E-state index contributed by atoms with van der Waals surface area (Å²) in [6.07, 6.45) is 0.945. The van der Waals surface area contributed by atoms with Crippen LogP contribution < -0.4 is 5.32 Å². The lowest BCUT2D eigenvalue weighted by Gasteiger charge is -2.11. The van der Waals surface area contributed by atoms with Gasteiger partial charge in [0.25, 0.3) is 0 Å². The van der Waals surface area contributed by atoms with E-state index in [2.05, 4.69) is 17.2 Å². The third-order valence-corrected chi connectivity index (χ3v) is 2.89. The molecule has 0 saturated carbocycles. The van der Waals surface area contributed by atoms with Crippen LogP contribution in [-0.4, -0.2) is 22.7 Å². The maximum absolute atomic E-state index is 8.93. The summed E-state index contributed by atoms with van der Waals surface area (Å²) in [6.45, 7) is 5.00. The molecule has 13 heavy (non-hydrogen) atoms. The summed E-state index contributed by atoms with van der Waals surface area (Å²) in [5.41, 5.74) is 1.07. The second-order valence-electron chi connectivity index (χ2n) is 3.05. The van der Waals surface area contributed by atoms with Gasteiger partial charge in [-0.15, -0.1) is 11.3 Å². The topological polar surface area (TPSA) is 45.1 Å². The van der Waals surface area contributed by atoms with E-state index in [0.717, 1.165) is 23.7 Å². The molecule has 1 aromatic rings. The van der Waals surface area contributed by atoms with Crippen LogP contribution in [0.3, 0.4) is 0 Å². The first-order valence-electron chi connectivity index (χ1n) is 4.51. The van der Waals surface area contributed by atoms with Crippen molar-refractivity contribution in [3.8, 4) is 0 Å². The first kappa shape index (κ1) is 10.6. The van der Waals surface area contributed by atoms with E-state index in [1.165, 1.54) is 0 Å². The van der Waals surface area contributed by atoms with Crippen LogP contribution >= 0.6 is 11.3 Å². The number of aryl methyl sites for hydroxylation is 1. The summed E-state index contributed by atoms with van der Waals surface area (Å²) in [7, 11) is 0. The van der Waals surface area contributed by atoms with E-state index in [4.69, 9.17) is 5.11 Å². The van der Waals surface area contributed by atoms with Crippen LogP contribution in [0, 0.1) is 6.92 Å². The Morgan fingerprint density at radius 2 is 2.46 bits per heavy atom. The van der Waals surface area contributed by atoms with Crippen molar-refractivity contribution in [1.82, 2.24) is 10.3 Å². The summed E-state index contributed by atoms with van der Waals surface area (Å²) in [6, 6.07) is 0.198. The van der Waals surface area contributed by atoms with Gasteiger partial charge in [-0.3, -0.25) is 0 Å². The highest BCUT2D eigenvalue weighted by atomic mass is 32.1. The summed E-state index contributed by atoms with van der Waals surface area (Å²) < 4.78 is 0. The Balaban J connectivity index is 2.33. The summed E-state index contributed by atoms with van der Waals surface area (Å²) in [5, 5.41) is 15.3. The number of rotatable bonds is 5. The summed E-state index contributed by atoms with van der Waals surface area (Å²) in [5.74, 6) is 0.